The first-order valence-corrected chi connectivity index (χ1v) is 12.8. The van der Waals surface area contributed by atoms with Gasteiger partial charge in [0, 0.05) is 13.1 Å². The van der Waals surface area contributed by atoms with E-state index in [9.17, 15) is 4.79 Å². The van der Waals surface area contributed by atoms with E-state index in [2.05, 4.69) is 10.6 Å². The Labute approximate surface area is 221 Å². The van der Waals surface area contributed by atoms with Crippen LogP contribution >= 0.6 is 0 Å². The number of ether oxygens (including phenoxy) is 4. The van der Waals surface area contributed by atoms with Gasteiger partial charge in [0.25, 0.3) is 0 Å². The van der Waals surface area contributed by atoms with Gasteiger partial charge in [-0.2, -0.15) is 0 Å². The average Bonchev–Trinajstić information content (AvgIpc) is 2.85. The second-order valence-electron chi connectivity index (χ2n) is 10.2. The molecule has 0 fully saturated rings. The summed E-state index contributed by atoms with van der Waals surface area (Å²) in [7, 11) is 0. The Kier molecular flexibility index (Phi) is 13.0. The van der Waals surface area contributed by atoms with Crippen molar-refractivity contribution < 1.29 is 28.1 Å². The molecular weight excluding hydrogens is 475 g/mol. The van der Waals surface area contributed by atoms with Crippen molar-refractivity contribution in [2.75, 3.05) is 46.1 Å². The third-order valence-electron chi connectivity index (χ3n) is 5.51. The zero-order valence-corrected chi connectivity index (χ0v) is 22.8. The van der Waals surface area contributed by atoms with Crippen LogP contribution < -0.4 is 10.6 Å². The summed E-state index contributed by atoms with van der Waals surface area (Å²) in [5.74, 6) is 0. The largest absolute Gasteiger partial charge is 0.444 e. The van der Waals surface area contributed by atoms with Crippen LogP contribution in [0.3, 0.4) is 0 Å². The summed E-state index contributed by atoms with van der Waals surface area (Å²) < 4.78 is 37.1. The number of amides is 1. The van der Waals surface area contributed by atoms with Gasteiger partial charge in [-0.05, 0) is 45.7 Å². The Morgan fingerprint density at radius 1 is 0.811 bits per heavy atom. The van der Waals surface area contributed by atoms with Gasteiger partial charge in [0.1, 0.15) is 11.8 Å². The normalized spacial score (nSPS) is 12.9. The fourth-order valence-electron chi connectivity index (χ4n) is 3.50. The van der Waals surface area contributed by atoms with Crippen LogP contribution in [0.4, 0.5) is 9.18 Å². The van der Waals surface area contributed by atoms with E-state index in [1.54, 1.807) is 13.8 Å². The van der Waals surface area contributed by atoms with Gasteiger partial charge in [0.2, 0.25) is 0 Å². The number of alkyl carbamates (subject to hydrolysis) is 1. The second kappa shape index (κ2) is 15.7. The SMILES string of the molecule is CC(C)(C)OC(=O)NCCOCCOCCOC(C)(C)C(F)CNC(c1ccccc1)c1ccccc1. The first-order valence-electron chi connectivity index (χ1n) is 12.8. The summed E-state index contributed by atoms with van der Waals surface area (Å²) in [6.07, 6.45) is -1.69. The third kappa shape index (κ3) is 12.5. The van der Waals surface area contributed by atoms with Crippen molar-refractivity contribution in [3.63, 3.8) is 0 Å². The monoisotopic (exact) mass is 518 g/mol. The number of halogens is 1. The molecule has 1 atom stereocenters. The van der Waals surface area contributed by atoms with E-state index in [0.29, 0.717) is 33.0 Å². The highest BCUT2D eigenvalue weighted by atomic mass is 19.1. The summed E-state index contributed by atoms with van der Waals surface area (Å²) in [5, 5.41) is 6.00. The van der Waals surface area contributed by atoms with Crippen molar-refractivity contribution in [1.29, 1.82) is 0 Å². The molecule has 0 aliphatic rings. The molecule has 206 valence electrons. The Morgan fingerprint density at radius 2 is 1.32 bits per heavy atom. The molecule has 0 radical (unpaired) electrons. The number of hydrogen-bond acceptors (Lipinski definition) is 6. The molecule has 0 spiro atoms. The van der Waals surface area contributed by atoms with Crippen molar-refractivity contribution in [3.8, 4) is 0 Å². The third-order valence-corrected chi connectivity index (χ3v) is 5.51. The smallest absolute Gasteiger partial charge is 0.407 e. The molecule has 1 amide bonds. The van der Waals surface area contributed by atoms with E-state index in [0.717, 1.165) is 11.1 Å². The van der Waals surface area contributed by atoms with Crippen molar-refractivity contribution >= 4 is 6.09 Å². The summed E-state index contributed by atoms with van der Waals surface area (Å²) in [5.41, 5.74) is 0.658. The molecule has 2 aromatic carbocycles. The molecule has 0 aromatic heterocycles. The van der Waals surface area contributed by atoms with Crippen molar-refractivity contribution in [2.24, 2.45) is 0 Å². The number of nitrogens with one attached hydrogen (secondary N) is 2. The van der Waals surface area contributed by atoms with E-state index in [-0.39, 0.29) is 19.2 Å². The van der Waals surface area contributed by atoms with Crippen molar-refractivity contribution in [1.82, 2.24) is 10.6 Å². The number of alkyl halides is 1. The zero-order valence-electron chi connectivity index (χ0n) is 22.8. The maximum atomic E-state index is 15.2. The molecule has 2 N–H and O–H groups in total. The first kappa shape index (κ1) is 30.7. The fraction of sp³-hybridized carbons (Fsp3) is 0.552. The van der Waals surface area contributed by atoms with Gasteiger partial charge in [-0.15, -0.1) is 0 Å². The first-order chi connectivity index (χ1) is 17.6. The van der Waals surface area contributed by atoms with Crippen molar-refractivity contribution in [2.45, 2.75) is 58.0 Å². The topological polar surface area (TPSA) is 78.1 Å². The number of benzene rings is 2. The Bertz CT molecular complexity index is 851. The van der Waals surface area contributed by atoms with E-state index in [4.69, 9.17) is 18.9 Å². The summed E-state index contributed by atoms with van der Waals surface area (Å²) in [6.45, 7) is 11.2. The minimum absolute atomic E-state index is 0.112. The number of carbonyl (C=O) groups is 1. The lowest BCUT2D eigenvalue weighted by molar-refractivity contribution is -0.0897. The lowest BCUT2D eigenvalue weighted by Gasteiger charge is -2.31. The van der Waals surface area contributed by atoms with Gasteiger partial charge in [0.05, 0.1) is 44.7 Å². The molecular formula is C29H43FN2O5. The van der Waals surface area contributed by atoms with E-state index < -0.39 is 23.5 Å². The summed E-state index contributed by atoms with van der Waals surface area (Å²) >= 11 is 0. The molecule has 1 unspecified atom stereocenters. The molecule has 0 aliphatic heterocycles. The molecule has 2 rings (SSSR count). The Hall–Kier alpha value is -2.52. The highest BCUT2D eigenvalue weighted by Gasteiger charge is 2.31. The van der Waals surface area contributed by atoms with Crippen LogP contribution in [0.5, 0.6) is 0 Å². The minimum atomic E-state index is -1.22. The minimum Gasteiger partial charge on any atom is -0.444 e. The summed E-state index contributed by atoms with van der Waals surface area (Å²) in [6, 6.07) is 19.9. The molecule has 0 saturated heterocycles. The van der Waals surface area contributed by atoms with Gasteiger partial charge in [-0.3, -0.25) is 0 Å². The molecule has 7 nitrogen and oxygen atoms in total. The standard InChI is InChI=1S/C29H43FN2O5/c1-28(2,3)37-27(33)31-16-17-34-18-19-35-20-21-36-29(4,5)25(30)22-32-26(23-12-8-6-9-13-23)24-14-10-7-11-15-24/h6-15,25-26,32H,16-22H2,1-5H3,(H,31,33). The molecule has 8 heteroatoms. The number of carbonyl (C=O) groups excluding carboxylic acids is 1. The van der Waals surface area contributed by atoms with E-state index in [1.165, 1.54) is 0 Å². The average molecular weight is 519 g/mol. The van der Waals surface area contributed by atoms with Gasteiger partial charge < -0.3 is 29.6 Å². The highest BCUT2D eigenvalue weighted by Crippen LogP contribution is 2.24. The molecule has 0 bridgehead atoms. The van der Waals surface area contributed by atoms with E-state index >= 15 is 4.39 Å². The molecule has 2 aromatic rings. The maximum Gasteiger partial charge on any atom is 0.407 e. The predicted molar refractivity (Wildman–Crippen MR) is 144 cm³/mol. The van der Waals surface area contributed by atoms with Gasteiger partial charge in [-0.1, -0.05) is 60.7 Å². The fourth-order valence-corrected chi connectivity index (χ4v) is 3.50. The van der Waals surface area contributed by atoms with Crippen LogP contribution in [0.2, 0.25) is 0 Å². The van der Waals surface area contributed by atoms with Gasteiger partial charge >= 0.3 is 6.09 Å². The van der Waals surface area contributed by atoms with Crippen LogP contribution in [-0.4, -0.2) is 69.6 Å². The van der Waals surface area contributed by atoms with Gasteiger partial charge in [-0.25, -0.2) is 9.18 Å². The predicted octanol–water partition coefficient (Wildman–Crippen LogP) is 5.06. The molecule has 0 aliphatic carbocycles. The molecule has 0 saturated carbocycles. The maximum absolute atomic E-state index is 15.2. The molecule has 0 heterocycles. The highest BCUT2D eigenvalue weighted by molar-refractivity contribution is 5.67. The Balaban J connectivity index is 1.62. The van der Waals surface area contributed by atoms with Crippen LogP contribution in [0.25, 0.3) is 0 Å². The van der Waals surface area contributed by atoms with Crippen LogP contribution in [0, 0.1) is 0 Å². The van der Waals surface area contributed by atoms with Crippen LogP contribution in [0.1, 0.15) is 51.8 Å². The zero-order chi connectivity index (χ0) is 27.2. The summed E-state index contributed by atoms with van der Waals surface area (Å²) in [4.78, 5) is 11.5. The number of hydrogen-bond donors (Lipinski definition) is 2. The lowest BCUT2D eigenvalue weighted by atomic mass is 9.97. The van der Waals surface area contributed by atoms with E-state index in [1.807, 2.05) is 81.4 Å². The van der Waals surface area contributed by atoms with Crippen molar-refractivity contribution in [3.05, 3.63) is 71.8 Å². The lowest BCUT2D eigenvalue weighted by Crippen LogP contribution is -2.44. The second-order valence-corrected chi connectivity index (χ2v) is 10.2. The molecule has 37 heavy (non-hydrogen) atoms. The van der Waals surface area contributed by atoms with Crippen LogP contribution in [-0.2, 0) is 18.9 Å². The van der Waals surface area contributed by atoms with Gasteiger partial charge in [0.15, 0.2) is 0 Å². The number of rotatable bonds is 16. The van der Waals surface area contributed by atoms with Crippen LogP contribution in [0.15, 0.2) is 60.7 Å². The quantitative estimate of drug-likeness (QED) is 0.303. The Morgan fingerprint density at radius 3 is 1.86 bits per heavy atom.